The lowest BCUT2D eigenvalue weighted by atomic mass is 10.1. The van der Waals surface area contributed by atoms with Gasteiger partial charge >= 0.3 is 0 Å². The third-order valence-electron chi connectivity index (χ3n) is 2.73. The number of hydrogen-bond acceptors (Lipinski definition) is 2. The van der Waals surface area contributed by atoms with Gasteiger partial charge in [0.05, 0.1) is 6.67 Å². The summed E-state index contributed by atoms with van der Waals surface area (Å²) < 4.78 is 51.0. The van der Waals surface area contributed by atoms with Crippen molar-refractivity contribution in [1.29, 1.82) is 0 Å². The molecule has 0 radical (unpaired) electrons. The molecule has 0 spiro atoms. The van der Waals surface area contributed by atoms with Gasteiger partial charge in [0.25, 0.3) is 5.92 Å². The summed E-state index contributed by atoms with van der Waals surface area (Å²) in [5, 5.41) is -0.170. The standard InChI is InChI=1S/C14H16F4OS/c15-9-8-14(17,18)12(16)7-4-10-20-13(19)11-5-2-1-3-6-11/h1-3,5-6,12H,4,7-10H2. The summed E-state index contributed by atoms with van der Waals surface area (Å²) in [5.41, 5.74) is 0.525. The number of rotatable bonds is 8. The largest absolute Gasteiger partial charge is 0.282 e. The molecule has 112 valence electrons. The van der Waals surface area contributed by atoms with Crippen molar-refractivity contribution < 1.29 is 22.4 Å². The first-order valence-electron chi connectivity index (χ1n) is 6.27. The summed E-state index contributed by atoms with van der Waals surface area (Å²) in [6.45, 7) is -1.24. The Labute approximate surface area is 119 Å². The zero-order valence-electron chi connectivity index (χ0n) is 10.8. The molecule has 0 amide bonds. The topological polar surface area (TPSA) is 17.1 Å². The maximum Gasteiger partial charge on any atom is 0.281 e. The summed E-state index contributed by atoms with van der Waals surface area (Å²) >= 11 is 0.971. The third kappa shape index (κ3) is 5.53. The van der Waals surface area contributed by atoms with Gasteiger partial charge in [-0.25, -0.2) is 13.2 Å². The highest BCUT2D eigenvalue weighted by molar-refractivity contribution is 8.14. The van der Waals surface area contributed by atoms with Crippen molar-refractivity contribution in [3.63, 3.8) is 0 Å². The van der Waals surface area contributed by atoms with Crippen LogP contribution in [0.2, 0.25) is 0 Å². The second-order valence-electron chi connectivity index (χ2n) is 4.31. The van der Waals surface area contributed by atoms with Crippen molar-refractivity contribution in [3.05, 3.63) is 35.9 Å². The highest BCUT2D eigenvalue weighted by Gasteiger charge is 2.38. The lowest BCUT2D eigenvalue weighted by Gasteiger charge is -2.19. The van der Waals surface area contributed by atoms with Crippen LogP contribution in [0.15, 0.2) is 30.3 Å². The van der Waals surface area contributed by atoms with Crippen molar-refractivity contribution in [2.24, 2.45) is 0 Å². The first-order chi connectivity index (χ1) is 9.47. The van der Waals surface area contributed by atoms with E-state index < -0.39 is 25.2 Å². The Bertz CT molecular complexity index is 411. The van der Waals surface area contributed by atoms with Crippen LogP contribution in [0.1, 0.15) is 29.6 Å². The molecule has 0 aliphatic carbocycles. The first kappa shape index (κ1) is 17.0. The van der Waals surface area contributed by atoms with Crippen LogP contribution in [0.4, 0.5) is 17.6 Å². The van der Waals surface area contributed by atoms with E-state index in [1.165, 1.54) is 0 Å². The average molecular weight is 308 g/mol. The molecule has 20 heavy (non-hydrogen) atoms. The molecule has 1 aromatic rings. The molecule has 0 aromatic heterocycles. The predicted octanol–water partition coefficient (Wildman–Crippen LogP) is 4.67. The van der Waals surface area contributed by atoms with Gasteiger partial charge in [-0.1, -0.05) is 42.1 Å². The Kier molecular flexibility index (Phi) is 7.05. The molecule has 0 N–H and O–H groups in total. The number of hydrogen-bond donors (Lipinski definition) is 0. The highest BCUT2D eigenvalue weighted by atomic mass is 32.2. The molecule has 1 aromatic carbocycles. The Morgan fingerprint density at radius 3 is 2.50 bits per heavy atom. The van der Waals surface area contributed by atoms with E-state index in [9.17, 15) is 22.4 Å². The van der Waals surface area contributed by atoms with E-state index in [0.717, 1.165) is 11.8 Å². The van der Waals surface area contributed by atoms with Crippen molar-refractivity contribution in [3.8, 4) is 0 Å². The molecule has 0 saturated carbocycles. The van der Waals surface area contributed by atoms with Gasteiger partial charge in [0.1, 0.15) is 0 Å². The zero-order valence-corrected chi connectivity index (χ0v) is 11.6. The molecular weight excluding hydrogens is 292 g/mol. The van der Waals surface area contributed by atoms with E-state index in [-0.39, 0.29) is 23.7 Å². The molecule has 6 heteroatoms. The number of carbonyl (C=O) groups excluding carboxylic acids is 1. The number of alkyl halides is 4. The Hall–Kier alpha value is -1.04. The molecule has 1 nitrogen and oxygen atoms in total. The fourth-order valence-electron chi connectivity index (χ4n) is 1.58. The van der Waals surface area contributed by atoms with E-state index in [2.05, 4.69) is 0 Å². The lowest BCUT2D eigenvalue weighted by Crippen LogP contribution is -2.30. The second kappa shape index (κ2) is 8.29. The maximum atomic E-state index is 13.2. The van der Waals surface area contributed by atoms with Gasteiger partial charge in [0, 0.05) is 17.7 Å². The van der Waals surface area contributed by atoms with Crippen LogP contribution in [0.25, 0.3) is 0 Å². The maximum absolute atomic E-state index is 13.2. The predicted molar refractivity (Wildman–Crippen MR) is 72.9 cm³/mol. The van der Waals surface area contributed by atoms with Gasteiger partial charge < -0.3 is 0 Å². The molecule has 0 heterocycles. The number of thioether (sulfide) groups is 1. The fraction of sp³-hybridized carbons (Fsp3) is 0.500. The van der Waals surface area contributed by atoms with Gasteiger partial charge in [0.2, 0.25) is 5.12 Å². The van der Waals surface area contributed by atoms with Gasteiger partial charge in [-0.2, -0.15) is 0 Å². The third-order valence-corrected chi connectivity index (χ3v) is 3.72. The molecule has 0 saturated heterocycles. The smallest absolute Gasteiger partial charge is 0.281 e. The van der Waals surface area contributed by atoms with Crippen molar-refractivity contribution >= 4 is 16.9 Å². The van der Waals surface area contributed by atoms with Crippen LogP contribution < -0.4 is 0 Å². The first-order valence-corrected chi connectivity index (χ1v) is 7.26. The lowest BCUT2D eigenvalue weighted by molar-refractivity contribution is -0.0842. The van der Waals surface area contributed by atoms with Crippen molar-refractivity contribution in [1.82, 2.24) is 0 Å². The number of carbonyl (C=O) groups is 1. The highest BCUT2D eigenvalue weighted by Crippen LogP contribution is 2.29. The quantitative estimate of drug-likeness (QED) is 0.512. The van der Waals surface area contributed by atoms with Gasteiger partial charge in [-0.05, 0) is 12.8 Å². The molecule has 0 aliphatic heterocycles. The summed E-state index contributed by atoms with van der Waals surface area (Å²) in [5.74, 6) is -3.36. The number of halogens is 4. The number of benzene rings is 1. The van der Waals surface area contributed by atoms with Gasteiger partial charge in [-0.15, -0.1) is 0 Å². The van der Waals surface area contributed by atoms with Crippen LogP contribution >= 0.6 is 11.8 Å². The molecule has 0 fully saturated rings. The van der Waals surface area contributed by atoms with Gasteiger partial charge in [-0.3, -0.25) is 9.18 Å². The molecule has 1 atom stereocenters. The molecular formula is C14H16F4OS. The summed E-state index contributed by atoms with van der Waals surface area (Å²) in [7, 11) is 0. The van der Waals surface area contributed by atoms with Crippen molar-refractivity contribution in [2.75, 3.05) is 12.4 Å². The van der Waals surface area contributed by atoms with E-state index in [4.69, 9.17) is 0 Å². The normalized spacial score (nSPS) is 13.2. The Morgan fingerprint density at radius 1 is 1.25 bits per heavy atom. The monoisotopic (exact) mass is 308 g/mol. The summed E-state index contributed by atoms with van der Waals surface area (Å²) in [6.07, 6.45) is -3.68. The zero-order chi connectivity index (χ0) is 15.0. The van der Waals surface area contributed by atoms with E-state index in [1.807, 2.05) is 0 Å². The molecule has 1 unspecified atom stereocenters. The van der Waals surface area contributed by atoms with E-state index >= 15 is 0 Å². The van der Waals surface area contributed by atoms with Crippen LogP contribution in [-0.4, -0.2) is 29.6 Å². The minimum atomic E-state index is -3.62. The summed E-state index contributed by atoms with van der Waals surface area (Å²) in [6, 6.07) is 8.54. The van der Waals surface area contributed by atoms with E-state index in [1.54, 1.807) is 30.3 Å². The van der Waals surface area contributed by atoms with Gasteiger partial charge in [0.15, 0.2) is 6.17 Å². The van der Waals surface area contributed by atoms with Crippen molar-refractivity contribution in [2.45, 2.75) is 31.4 Å². The Balaban J connectivity index is 2.27. The molecule has 1 rings (SSSR count). The SMILES string of the molecule is O=C(SCCCC(F)C(F)(F)CCF)c1ccccc1. The van der Waals surface area contributed by atoms with Crippen LogP contribution in [0, 0.1) is 0 Å². The van der Waals surface area contributed by atoms with Crippen LogP contribution in [0.3, 0.4) is 0 Å². The summed E-state index contributed by atoms with van der Waals surface area (Å²) in [4.78, 5) is 11.7. The molecule has 0 bridgehead atoms. The fourth-order valence-corrected chi connectivity index (χ4v) is 2.38. The van der Waals surface area contributed by atoms with E-state index in [0.29, 0.717) is 5.56 Å². The average Bonchev–Trinajstić information content (AvgIpc) is 2.44. The minimum Gasteiger partial charge on any atom is -0.282 e. The minimum absolute atomic E-state index is 0.145. The van der Waals surface area contributed by atoms with Crippen LogP contribution in [0.5, 0.6) is 0 Å². The second-order valence-corrected chi connectivity index (χ2v) is 5.38. The Morgan fingerprint density at radius 2 is 1.90 bits per heavy atom. The van der Waals surface area contributed by atoms with Crippen LogP contribution in [-0.2, 0) is 0 Å². The molecule has 0 aliphatic rings.